The zero-order valence-corrected chi connectivity index (χ0v) is 20.1. The second kappa shape index (κ2) is 10.6. The predicted molar refractivity (Wildman–Crippen MR) is 123 cm³/mol. The van der Waals surface area contributed by atoms with Crippen molar-refractivity contribution >= 4 is 33.2 Å². The molecule has 0 aliphatic carbocycles. The maximum atomic E-state index is 13.2. The van der Waals surface area contributed by atoms with Gasteiger partial charge in [-0.15, -0.1) is 11.3 Å². The van der Waals surface area contributed by atoms with Crippen molar-refractivity contribution in [1.82, 2.24) is 14.5 Å². The Morgan fingerprint density at radius 3 is 2.53 bits per heavy atom. The first kappa shape index (κ1) is 24.4. The highest BCUT2D eigenvalue weighted by Crippen LogP contribution is 2.22. The molecule has 2 aromatic rings. The van der Waals surface area contributed by atoms with E-state index in [1.54, 1.807) is 30.4 Å². The van der Waals surface area contributed by atoms with Gasteiger partial charge in [0.15, 0.2) is 0 Å². The summed E-state index contributed by atoms with van der Waals surface area (Å²) in [6.07, 6.45) is -0.414. The van der Waals surface area contributed by atoms with Crippen LogP contribution in [-0.2, 0) is 26.1 Å². The number of carbonyl (C=O) groups is 2. The number of hydrogen-bond acceptors (Lipinski definition) is 6. The summed E-state index contributed by atoms with van der Waals surface area (Å²) in [6, 6.07) is 9.83. The van der Waals surface area contributed by atoms with Crippen molar-refractivity contribution in [2.24, 2.45) is 0 Å². The molecule has 1 aromatic carbocycles. The minimum atomic E-state index is -3.77. The van der Waals surface area contributed by atoms with Crippen molar-refractivity contribution in [2.45, 2.75) is 44.4 Å². The fraction of sp³-hybridized carbons (Fsp3) is 0.455. The van der Waals surface area contributed by atoms with E-state index in [-0.39, 0.29) is 54.1 Å². The minimum absolute atomic E-state index is 0.0582. The lowest BCUT2D eigenvalue weighted by molar-refractivity contribution is -0.121. The van der Waals surface area contributed by atoms with Crippen LogP contribution in [0.3, 0.4) is 0 Å². The molecule has 0 spiro atoms. The third kappa shape index (κ3) is 5.94. The number of hydrogen-bond donors (Lipinski definition) is 1. The molecule has 1 aliphatic heterocycles. The van der Waals surface area contributed by atoms with Crippen LogP contribution in [0, 0.1) is 0 Å². The van der Waals surface area contributed by atoms with Gasteiger partial charge in [0, 0.05) is 30.1 Å². The minimum Gasteiger partial charge on any atom is -0.373 e. The predicted octanol–water partition coefficient (Wildman–Crippen LogP) is 2.32. The zero-order chi connectivity index (χ0) is 23.3. The van der Waals surface area contributed by atoms with Gasteiger partial charge in [0.2, 0.25) is 15.9 Å². The number of amides is 2. The van der Waals surface area contributed by atoms with Crippen molar-refractivity contribution in [3.63, 3.8) is 0 Å². The summed E-state index contributed by atoms with van der Waals surface area (Å²) in [4.78, 5) is 27.8. The highest BCUT2D eigenvalue weighted by Gasteiger charge is 2.32. The Labute approximate surface area is 193 Å². The summed E-state index contributed by atoms with van der Waals surface area (Å²) in [5, 5.41) is 4.74. The smallest absolute Gasteiger partial charge is 0.254 e. The third-order valence-corrected chi connectivity index (χ3v) is 7.85. The van der Waals surface area contributed by atoms with Crippen molar-refractivity contribution in [3.8, 4) is 0 Å². The molecule has 1 aliphatic rings. The Kier molecular flexibility index (Phi) is 8.05. The first-order valence-electron chi connectivity index (χ1n) is 10.5. The van der Waals surface area contributed by atoms with E-state index in [2.05, 4.69) is 5.32 Å². The quantitative estimate of drug-likeness (QED) is 0.627. The fourth-order valence-corrected chi connectivity index (χ4v) is 5.89. The van der Waals surface area contributed by atoms with Gasteiger partial charge in [-0.2, -0.15) is 4.31 Å². The lowest BCUT2D eigenvalue weighted by atomic mass is 10.2. The van der Waals surface area contributed by atoms with Crippen molar-refractivity contribution in [2.75, 3.05) is 26.2 Å². The summed E-state index contributed by atoms with van der Waals surface area (Å²) in [6.45, 7) is 6.60. The molecule has 8 nitrogen and oxygen atoms in total. The van der Waals surface area contributed by atoms with Crippen LogP contribution in [0.25, 0.3) is 0 Å². The number of sulfonamides is 1. The zero-order valence-electron chi connectivity index (χ0n) is 18.5. The topological polar surface area (TPSA) is 96.0 Å². The Morgan fingerprint density at radius 1 is 1.19 bits per heavy atom. The maximum Gasteiger partial charge on any atom is 0.254 e. The van der Waals surface area contributed by atoms with Crippen molar-refractivity contribution in [1.29, 1.82) is 0 Å². The van der Waals surface area contributed by atoms with E-state index in [1.165, 1.54) is 21.3 Å². The number of thiophene rings is 1. The average molecular weight is 480 g/mol. The number of benzene rings is 1. The van der Waals surface area contributed by atoms with E-state index in [9.17, 15) is 18.0 Å². The number of morpholine rings is 1. The van der Waals surface area contributed by atoms with E-state index < -0.39 is 10.0 Å². The lowest BCUT2D eigenvalue weighted by Gasteiger charge is -2.34. The summed E-state index contributed by atoms with van der Waals surface area (Å²) in [7, 11) is -3.77. The molecule has 0 saturated carbocycles. The number of rotatable bonds is 8. The molecule has 2 heterocycles. The van der Waals surface area contributed by atoms with Gasteiger partial charge in [0.25, 0.3) is 5.91 Å². The molecule has 174 valence electrons. The molecule has 0 unspecified atom stereocenters. The molecule has 2 amide bonds. The lowest BCUT2D eigenvalue weighted by Crippen LogP contribution is -2.48. The molecule has 2 atom stereocenters. The molecular weight excluding hydrogens is 450 g/mol. The second-order valence-corrected chi connectivity index (χ2v) is 10.8. The second-order valence-electron chi connectivity index (χ2n) is 7.78. The number of nitrogens with zero attached hydrogens (tertiary/aromatic N) is 2. The Morgan fingerprint density at radius 2 is 1.91 bits per heavy atom. The summed E-state index contributed by atoms with van der Waals surface area (Å²) < 4.78 is 33.3. The van der Waals surface area contributed by atoms with Crippen LogP contribution in [0.15, 0.2) is 46.7 Å². The van der Waals surface area contributed by atoms with E-state index >= 15 is 0 Å². The monoisotopic (exact) mass is 479 g/mol. The first-order valence-corrected chi connectivity index (χ1v) is 12.9. The van der Waals surface area contributed by atoms with Crippen molar-refractivity contribution in [3.05, 3.63) is 52.2 Å². The number of ether oxygens (including phenoxy) is 1. The number of carbonyl (C=O) groups excluding carboxylic acids is 2. The molecule has 1 fully saturated rings. The highest BCUT2D eigenvalue weighted by atomic mass is 32.2. The normalized spacial score (nSPS) is 19.5. The van der Waals surface area contributed by atoms with Gasteiger partial charge in [0.05, 0.1) is 30.2 Å². The SMILES string of the molecule is CCN(CC(=O)NCc1cccs1)C(=O)c1cccc(S(=O)(=O)N2C[C@@H](C)O[C@@H](C)C2)c1. The molecule has 1 saturated heterocycles. The summed E-state index contributed by atoms with van der Waals surface area (Å²) in [5.41, 5.74) is 0.230. The van der Waals surface area contributed by atoms with Gasteiger partial charge in [-0.25, -0.2) is 8.42 Å². The standard InChI is InChI=1S/C22H29N3O5S2/c1-4-24(15-21(26)23-12-19-8-6-10-31-19)22(27)18-7-5-9-20(11-18)32(28,29)25-13-16(2)30-17(3)14-25/h5-11,16-17H,4,12-15H2,1-3H3,(H,23,26)/t16-,17+. The Hall–Kier alpha value is -2.27. The van der Waals surface area contributed by atoms with Crippen LogP contribution in [-0.4, -0.2) is 67.8 Å². The van der Waals surface area contributed by atoms with Gasteiger partial charge >= 0.3 is 0 Å². The van der Waals surface area contributed by atoms with Gasteiger partial charge in [-0.1, -0.05) is 12.1 Å². The van der Waals surface area contributed by atoms with E-state index in [4.69, 9.17) is 4.74 Å². The molecule has 1 aromatic heterocycles. The van der Waals surface area contributed by atoms with E-state index in [0.29, 0.717) is 13.1 Å². The van der Waals surface area contributed by atoms with Gasteiger partial charge in [-0.3, -0.25) is 9.59 Å². The number of nitrogens with one attached hydrogen (secondary N) is 1. The highest BCUT2D eigenvalue weighted by molar-refractivity contribution is 7.89. The van der Waals surface area contributed by atoms with E-state index in [1.807, 2.05) is 31.4 Å². The maximum absolute atomic E-state index is 13.2. The molecule has 0 bridgehead atoms. The molecule has 3 rings (SSSR count). The van der Waals surface area contributed by atoms with E-state index in [0.717, 1.165) is 4.88 Å². The van der Waals surface area contributed by atoms with Gasteiger partial charge < -0.3 is 15.0 Å². The van der Waals surface area contributed by atoms with Crippen LogP contribution < -0.4 is 5.32 Å². The van der Waals surface area contributed by atoms with Gasteiger partial charge in [-0.05, 0) is 50.4 Å². The van der Waals surface area contributed by atoms with Crippen LogP contribution in [0.1, 0.15) is 36.0 Å². The summed E-state index contributed by atoms with van der Waals surface area (Å²) >= 11 is 1.54. The average Bonchev–Trinajstić information content (AvgIpc) is 3.29. The van der Waals surface area contributed by atoms with Crippen LogP contribution in [0.4, 0.5) is 0 Å². The van der Waals surface area contributed by atoms with Crippen LogP contribution >= 0.6 is 11.3 Å². The van der Waals surface area contributed by atoms with Crippen LogP contribution in [0.2, 0.25) is 0 Å². The molecule has 1 N–H and O–H groups in total. The van der Waals surface area contributed by atoms with Crippen molar-refractivity contribution < 1.29 is 22.7 Å². The Bertz CT molecular complexity index is 1030. The Balaban J connectivity index is 1.70. The van der Waals surface area contributed by atoms with Crippen LogP contribution in [0.5, 0.6) is 0 Å². The first-order chi connectivity index (χ1) is 15.2. The molecule has 32 heavy (non-hydrogen) atoms. The molecule has 0 radical (unpaired) electrons. The largest absolute Gasteiger partial charge is 0.373 e. The number of likely N-dealkylation sites (N-methyl/N-ethyl adjacent to an activating group) is 1. The summed E-state index contributed by atoms with van der Waals surface area (Å²) in [5.74, 6) is -0.659. The van der Waals surface area contributed by atoms with Gasteiger partial charge in [0.1, 0.15) is 0 Å². The fourth-order valence-electron chi connectivity index (χ4n) is 3.60. The third-order valence-electron chi connectivity index (χ3n) is 5.15. The molecule has 10 heteroatoms. The molecular formula is C22H29N3O5S2.